The summed E-state index contributed by atoms with van der Waals surface area (Å²) < 4.78 is 26.4. The van der Waals surface area contributed by atoms with Gasteiger partial charge in [0.25, 0.3) is 0 Å². The number of rotatable bonds is 15. The van der Waals surface area contributed by atoms with Crippen LogP contribution in [0, 0.1) is 10.8 Å². The molecule has 0 aromatic rings. The highest BCUT2D eigenvalue weighted by molar-refractivity contribution is 7.89. The van der Waals surface area contributed by atoms with E-state index in [1.54, 1.807) is 13.8 Å². The van der Waals surface area contributed by atoms with Crippen molar-refractivity contribution in [1.29, 1.82) is 0 Å². The van der Waals surface area contributed by atoms with Gasteiger partial charge in [-0.2, -0.15) is 0 Å². The molecule has 5 unspecified atom stereocenters. The van der Waals surface area contributed by atoms with Gasteiger partial charge in [-0.3, -0.25) is 13.2 Å². The SMILES string of the molecule is CC(C)(CO)CCCCC1CCCC(CCC2=CCCC(CCCCC(C)(C)C(=O)O)S2=O)S1=O. The zero-order valence-corrected chi connectivity index (χ0v) is 24.2. The molecular formula is C28H50O5S2. The van der Waals surface area contributed by atoms with E-state index in [0.29, 0.717) is 11.7 Å². The lowest BCUT2D eigenvalue weighted by atomic mass is 9.87. The van der Waals surface area contributed by atoms with Crippen LogP contribution >= 0.6 is 0 Å². The number of hydrogen-bond donors (Lipinski definition) is 2. The number of aliphatic carboxylic acids is 1. The second-order valence-corrected chi connectivity index (χ2v) is 16.0. The molecule has 0 amide bonds. The van der Waals surface area contributed by atoms with Crippen LogP contribution in [0.2, 0.25) is 0 Å². The Kier molecular flexibility index (Phi) is 12.6. The molecule has 2 N–H and O–H groups in total. The summed E-state index contributed by atoms with van der Waals surface area (Å²) in [5.74, 6) is -0.753. The number of hydrogen-bond acceptors (Lipinski definition) is 4. The van der Waals surface area contributed by atoms with E-state index in [1.807, 2.05) is 0 Å². The van der Waals surface area contributed by atoms with Crippen LogP contribution < -0.4 is 0 Å². The molecular weight excluding hydrogens is 480 g/mol. The molecule has 0 saturated carbocycles. The lowest BCUT2D eigenvalue weighted by molar-refractivity contribution is -0.147. The molecule has 2 heterocycles. The molecule has 5 nitrogen and oxygen atoms in total. The van der Waals surface area contributed by atoms with E-state index in [-0.39, 0.29) is 22.5 Å². The van der Waals surface area contributed by atoms with Gasteiger partial charge in [0.15, 0.2) is 0 Å². The van der Waals surface area contributed by atoms with Gasteiger partial charge in [-0.15, -0.1) is 0 Å². The minimum atomic E-state index is -0.964. The average Bonchev–Trinajstić information content (AvgIpc) is 2.81. The Labute approximate surface area is 218 Å². The van der Waals surface area contributed by atoms with Gasteiger partial charge in [0, 0.05) is 38.1 Å². The van der Waals surface area contributed by atoms with Gasteiger partial charge >= 0.3 is 5.97 Å². The predicted octanol–water partition coefficient (Wildman–Crippen LogP) is 6.48. The van der Waals surface area contributed by atoms with Crippen LogP contribution in [0.15, 0.2) is 11.0 Å². The van der Waals surface area contributed by atoms with Gasteiger partial charge < -0.3 is 10.2 Å². The van der Waals surface area contributed by atoms with E-state index in [2.05, 4.69) is 19.9 Å². The van der Waals surface area contributed by atoms with E-state index in [4.69, 9.17) is 0 Å². The van der Waals surface area contributed by atoms with E-state index < -0.39 is 33.0 Å². The van der Waals surface area contributed by atoms with Gasteiger partial charge in [0.2, 0.25) is 0 Å². The molecule has 2 aliphatic heterocycles. The standard InChI is InChI=1S/C28H50O5S2/c1-27(2,21-29)19-7-5-11-22-13-9-15-24(34(22)32)17-18-25-16-10-14-23(35(25)33)12-6-8-20-28(3,4)26(30)31/h16,22-24,29H,5-15,17-21H2,1-4H3,(H,30,31). The number of aliphatic hydroxyl groups excluding tert-OH is 1. The lowest BCUT2D eigenvalue weighted by Gasteiger charge is -2.30. The molecule has 5 atom stereocenters. The summed E-state index contributed by atoms with van der Waals surface area (Å²) in [4.78, 5) is 12.3. The summed E-state index contributed by atoms with van der Waals surface area (Å²) in [7, 11) is -1.77. The number of carboxylic acids is 1. The first kappa shape index (κ1) is 30.7. The summed E-state index contributed by atoms with van der Waals surface area (Å²) in [5.41, 5.74) is -0.717. The summed E-state index contributed by atoms with van der Waals surface area (Å²) in [6.45, 7) is 7.94. The first-order valence-electron chi connectivity index (χ1n) is 13.8. The smallest absolute Gasteiger partial charge is 0.309 e. The molecule has 0 aromatic carbocycles. The number of unbranched alkanes of at least 4 members (excludes halogenated alkanes) is 2. The van der Waals surface area contributed by atoms with Crippen molar-refractivity contribution in [2.45, 2.75) is 140 Å². The van der Waals surface area contributed by atoms with Crippen molar-refractivity contribution in [3.8, 4) is 0 Å². The van der Waals surface area contributed by atoms with Crippen molar-refractivity contribution >= 4 is 27.6 Å². The summed E-state index contributed by atoms with van der Waals surface area (Å²) >= 11 is 0. The first-order valence-corrected chi connectivity index (χ1v) is 16.3. The summed E-state index contributed by atoms with van der Waals surface area (Å²) in [5, 5.41) is 19.4. The second kappa shape index (κ2) is 14.4. The largest absolute Gasteiger partial charge is 0.481 e. The normalized spacial score (nSPS) is 28.0. The van der Waals surface area contributed by atoms with Gasteiger partial charge in [0.05, 0.1) is 16.2 Å². The zero-order chi connectivity index (χ0) is 26.1. The lowest BCUT2D eigenvalue weighted by Crippen LogP contribution is -2.31. The maximum absolute atomic E-state index is 13.2. The first-order chi connectivity index (χ1) is 16.5. The van der Waals surface area contributed by atoms with E-state index >= 15 is 0 Å². The van der Waals surface area contributed by atoms with Crippen molar-refractivity contribution < 1.29 is 23.4 Å². The van der Waals surface area contributed by atoms with Crippen LogP contribution in [-0.2, 0) is 26.4 Å². The molecule has 1 fully saturated rings. The number of allylic oxidation sites excluding steroid dienone is 2. The Morgan fingerprint density at radius 3 is 2.14 bits per heavy atom. The maximum Gasteiger partial charge on any atom is 0.309 e. The molecule has 204 valence electrons. The van der Waals surface area contributed by atoms with Crippen LogP contribution in [0.4, 0.5) is 0 Å². The number of carboxylic acid groups (broad SMARTS) is 1. The fourth-order valence-corrected chi connectivity index (χ4v) is 9.14. The number of aliphatic hydroxyl groups is 1. The van der Waals surface area contributed by atoms with Gasteiger partial charge in [0.1, 0.15) is 0 Å². The third-order valence-corrected chi connectivity index (χ3v) is 12.3. The van der Waals surface area contributed by atoms with Gasteiger partial charge in [-0.25, -0.2) is 0 Å². The Morgan fingerprint density at radius 1 is 0.914 bits per heavy atom. The minimum absolute atomic E-state index is 0.0233. The van der Waals surface area contributed by atoms with Crippen LogP contribution in [0.3, 0.4) is 0 Å². The Hall–Kier alpha value is -0.530. The molecule has 1 saturated heterocycles. The van der Waals surface area contributed by atoms with Gasteiger partial charge in [-0.1, -0.05) is 52.0 Å². The van der Waals surface area contributed by atoms with E-state index in [0.717, 1.165) is 94.8 Å². The van der Waals surface area contributed by atoms with Crippen LogP contribution in [0.5, 0.6) is 0 Å². The predicted molar refractivity (Wildman–Crippen MR) is 147 cm³/mol. The van der Waals surface area contributed by atoms with Crippen LogP contribution in [0.25, 0.3) is 0 Å². The average molecular weight is 531 g/mol. The Morgan fingerprint density at radius 2 is 1.51 bits per heavy atom. The molecule has 0 spiro atoms. The molecule has 2 rings (SSSR count). The third kappa shape index (κ3) is 10.0. The molecule has 0 radical (unpaired) electrons. The van der Waals surface area contributed by atoms with Crippen molar-refractivity contribution in [2.75, 3.05) is 6.61 Å². The summed E-state index contributed by atoms with van der Waals surface area (Å²) in [6.07, 6.45) is 16.4. The summed E-state index contributed by atoms with van der Waals surface area (Å²) in [6, 6.07) is 0. The molecule has 0 bridgehead atoms. The van der Waals surface area contributed by atoms with Crippen molar-refractivity contribution in [1.82, 2.24) is 0 Å². The maximum atomic E-state index is 13.2. The molecule has 0 aromatic heterocycles. The van der Waals surface area contributed by atoms with Crippen molar-refractivity contribution in [2.24, 2.45) is 10.8 Å². The topological polar surface area (TPSA) is 91.7 Å². The second-order valence-electron chi connectivity index (χ2n) is 12.2. The molecule has 0 aliphatic carbocycles. The third-order valence-electron chi connectivity index (χ3n) is 8.06. The monoisotopic (exact) mass is 530 g/mol. The van der Waals surface area contributed by atoms with Crippen molar-refractivity contribution in [3.05, 3.63) is 11.0 Å². The van der Waals surface area contributed by atoms with Crippen molar-refractivity contribution in [3.63, 3.8) is 0 Å². The number of carbonyl (C=O) groups is 1. The quantitative estimate of drug-likeness (QED) is 0.236. The van der Waals surface area contributed by atoms with Crippen LogP contribution in [-0.4, -0.2) is 47.0 Å². The zero-order valence-electron chi connectivity index (χ0n) is 22.6. The highest BCUT2D eigenvalue weighted by Gasteiger charge is 2.31. The highest BCUT2D eigenvalue weighted by Crippen LogP contribution is 2.34. The minimum Gasteiger partial charge on any atom is -0.481 e. The molecule has 2 aliphatic rings. The fourth-order valence-electron chi connectivity index (χ4n) is 5.29. The fraction of sp³-hybridized carbons (Fsp3) is 0.893. The Balaban J connectivity index is 1.75. The van der Waals surface area contributed by atoms with Crippen LogP contribution in [0.1, 0.15) is 124 Å². The molecule has 7 heteroatoms. The highest BCUT2D eigenvalue weighted by atomic mass is 32.2. The van der Waals surface area contributed by atoms with E-state index in [9.17, 15) is 23.4 Å². The van der Waals surface area contributed by atoms with Gasteiger partial charge in [-0.05, 0) is 83.5 Å². The van der Waals surface area contributed by atoms with E-state index in [1.165, 1.54) is 0 Å². The molecule has 35 heavy (non-hydrogen) atoms. The Bertz CT molecular complexity index is 758.